The summed E-state index contributed by atoms with van der Waals surface area (Å²) in [6.45, 7) is 2.88. The third-order valence-electron chi connectivity index (χ3n) is 4.12. The maximum atomic E-state index is 5.91. The number of ether oxygens (including phenoxy) is 3. The Morgan fingerprint density at radius 2 is 1.71 bits per heavy atom. The maximum absolute atomic E-state index is 5.91. The topological polar surface area (TPSA) is 70.8 Å². The zero-order chi connectivity index (χ0) is 19.3. The van der Waals surface area contributed by atoms with Crippen LogP contribution in [-0.2, 0) is 13.0 Å². The Kier molecular flexibility index (Phi) is 5.38. The molecule has 2 heterocycles. The summed E-state index contributed by atoms with van der Waals surface area (Å²) in [4.78, 5) is 0.750. The number of nitrogens with zero attached hydrogens (tertiary/aromatic N) is 4. The minimum atomic E-state index is 0.347. The zero-order valence-corrected chi connectivity index (χ0v) is 16.5. The summed E-state index contributed by atoms with van der Waals surface area (Å²) < 4.78 is 18.5. The lowest BCUT2D eigenvalue weighted by molar-refractivity contribution is 0.268. The van der Waals surface area contributed by atoms with E-state index < -0.39 is 0 Å². The van der Waals surface area contributed by atoms with Crippen molar-refractivity contribution in [1.82, 2.24) is 19.8 Å². The SMILES string of the molecule is CCOc1ccccc1OCc1nn2c(Cc3ccc(OC)cc3)nnc2s1. The van der Waals surface area contributed by atoms with Crippen LogP contribution >= 0.6 is 11.3 Å². The molecule has 0 atom stereocenters. The quantitative estimate of drug-likeness (QED) is 0.452. The van der Waals surface area contributed by atoms with E-state index in [1.807, 2.05) is 55.5 Å². The van der Waals surface area contributed by atoms with E-state index in [1.54, 1.807) is 11.6 Å². The van der Waals surface area contributed by atoms with Crippen LogP contribution in [0.5, 0.6) is 17.2 Å². The number of hydrogen-bond acceptors (Lipinski definition) is 7. The highest BCUT2D eigenvalue weighted by Crippen LogP contribution is 2.28. The second-order valence-corrected chi connectivity index (χ2v) is 7.04. The number of methoxy groups -OCH3 is 1. The van der Waals surface area contributed by atoms with Crippen molar-refractivity contribution in [2.75, 3.05) is 13.7 Å². The molecule has 0 amide bonds. The van der Waals surface area contributed by atoms with Crippen molar-refractivity contribution in [2.45, 2.75) is 20.0 Å². The molecular formula is C20H20N4O3S. The average Bonchev–Trinajstić information content (AvgIpc) is 3.29. The summed E-state index contributed by atoms with van der Waals surface area (Å²) in [7, 11) is 1.66. The molecule has 0 aliphatic carbocycles. The second kappa shape index (κ2) is 8.26. The molecule has 2 aromatic heterocycles. The van der Waals surface area contributed by atoms with E-state index in [9.17, 15) is 0 Å². The first-order valence-electron chi connectivity index (χ1n) is 8.94. The van der Waals surface area contributed by atoms with Crippen LogP contribution in [-0.4, -0.2) is 33.5 Å². The Bertz CT molecular complexity index is 1060. The molecule has 0 aliphatic heterocycles. The first kappa shape index (κ1) is 18.2. The molecule has 7 nitrogen and oxygen atoms in total. The molecule has 0 N–H and O–H groups in total. The molecule has 0 saturated heterocycles. The van der Waals surface area contributed by atoms with Crippen molar-refractivity contribution < 1.29 is 14.2 Å². The van der Waals surface area contributed by atoms with Gasteiger partial charge >= 0.3 is 0 Å². The van der Waals surface area contributed by atoms with Gasteiger partial charge in [-0.25, -0.2) is 0 Å². The fourth-order valence-corrected chi connectivity index (χ4v) is 3.54. The summed E-state index contributed by atoms with van der Waals surface area (Å²) in [5.74, 6) is 3.05. The van der Waals surface area contributed by atoms with Gasteiger partial charge in [0.05, 0.1) is 13.7 Å². The number of rotatable bonds is 8. The Morgan fingerprint density at radius 1 is 0.964 bits per heavy atom. The molecule has 4 aromatic rings. The van der Waals surface area contributed by atoms with Gasteiger partial charge in [-0.3, -0.25) is 0 Å². The van der Waals surface area contributed by atoms with Gasteiger partial charge in [0.15, 0.2) is 22.3 Å². The van der Waals surface area contributed by atoms with Gasteiger partial charge in [-0.2, -0.15) is 9.61 Å². The standard InChI is InChI=1S/C20H20N4O3S/c1-3-26-16-6-4-5-7-17(16)27-13-19-23-24-18(21-22-20(24)28-19)12-14-8-10-15(25-2)11-9-14/h4-11H,3,12-13H2,1-2H3. The van der Waals surface area contributed by atoms with E-state index in [1.165, 1.54) is 11.3 Å². The minimum Gasteiger partial charge on any atom is -0.497 e. The normalized spacial score (nSPS) is 10.9. The predicted octanol–water partition coefficient (Wildman–Crippen LogP) is 3.76. The Morgan fingerprint density at radius 3 is 2.43 bits per heavy atom. The molecule has 4 rings (SSSR count). The molecule has 28 heavy (non-hydrogen) atoms. The summed E-state index contributed by atoms with van der Waals surface area (Å²) in [5, 5.41) is 13.9. The van der Waals surface area contributed by atoms with Gasteiger partial charge in [0.2, 0.25) is 4.96 Å². The molecule has 0 saturated carbocycles. The molecule has 0 bridgehead atoms. The molecule has 2 aromatic carbocycles. The van der Waals surface area contributed by atoms with Gasteiger partial charge in [0, 0.05) is 6.42 Å². The second-order valence-electron chi connectivity index (χ2n) is 6.00. The van der Waals surface area contributed by atoms with Crippen molar-refractivity contribution in [3.63, 3.8) is 0 Å². The van der Waals surface area contributed by atoms with Crippen LogP contribution in [0.2, 0.25) is 0 Å². The van der Waals surface area contributed by atoms with Crippen LogP contribution < -0.4 is 14.2 Å². The van der Waals surface area contributed by atoms with Gasteiger partial charge in [-0.15, -0.1) is 10.2 Å². The van der Waals surface area contributed by atoms with Gasteiger partial charge in [-0.1, -0.05) is 35.6 Å². The highest BCUT2D eigenvalue weighted by molar-refractivity contribution is 7.16. The first-order valence-corrected chi connectivity index (χ1v) is 9.76. The average molecular weight is 396 g/mol. The zero-order valence-electron chi connectivity index (χ0n) is 15.7. The van der Waals surface area contributed by atoms with Crippen LogP contribution in [0.15, 0.2) is 48.5 Å². The van der Waals surface area contributed by atoms with E-state index in [0.717, 1.165) is 32.9 Å². The first-order chi connectivity index (χ1) is 13.8. The highest BCUT2D eigenvalue weighted by Gasteiger charge is 2.13. The molecular weight excluding hydrogens is 376 g/mol. The number of hydrogen-bond donors (Lipinski definition) is 0. The van der Waals surface area contributed by atoms with E-state index in [0.29, 0.717) is 25.4 Å². The third-order valence-corrected chi connectivity index (χ3v) is 4.99. The number of fused-ring (bicyclic) bond motifs is 1. The summed E-state index contributed by atoms with van der Waals surface area (Å²) in [6.07, 6.45) is 0.641. The molecule has 0 unspecified atom stereocenters. The lowest BCUT2D eigenvalue weighted by Crippen LogP contribution is -2.01. The van der Waals surface area contributed by atoms with Crippen molar-refractivity contribution >= 4 is 16.3 Å². The van der Waals surface area contributed by atoms with Gasteiger partial charge < -0.3 is 14.2 Å². The lowest BCUT2D eigenvalue weighted by atomic mass is 10.1. The molecule has 0 fully saturated rings. The monoisotopic (exact) mass is 396 g/mol. The van der Waals surface area contributed by atoms with Crippen molar-refractivity contribution in [3.05, 3.63) is 64.9 Å². The highest BCUT2D eigenvalue weighted by atomic mass is 32.1. The smallest absolute Gasteiger partial charge is 0.234 e. The third kappa shape index (κ3) is 3.91. The number of para-hydroxylation sites is 2. The molecule has 144 valence electrons. The molecule has 0 spiro atoms. The molecule has 0 radical (unpaired) electrons. The van der Waals surface area contributed by atoms with Crippen LogP contribution in [0.3, 0.4) is 0 Å². The Hall–Kier alpha value is -3.13. The summed E-state index contributed by atoms with van der Waals surface area (Å²) in [6, 6.07) is 15.5. The lowest BCUT2D eigenvalue weighted by Gasteiger charge is -2.10. The Balaban J connectivity index is 1.48. The fourth-order valence-electron chi connectivity index (χ4n) is 2.78. The predicted molar refractivity (Wildman–Crippen MR) is 106 cm³/mol. The van der Waals surface area contributed by atoms with Gasteiger partial charge in [-0.05, 0) is 36.8 Å². The van der Waals surface area contributed by atoms with Crippen molar-refractivity contribution in [1.29, 1.82) is 0 Å². The van der Waals surface area contributed by atoms with E-state index in [-0.39, 0.29) is 0 Å². The van der Waals surface area contributed by atoms with E-state index in [2.05, 4.69) is 15.3 Å². The largest absolute Gasteiger partial charge is 0.497 e. The molecule has 8 heteroatoms. The maximum Gasteiger partial charge on any atom is 0.234 e. The molecule has 0 aliphatic rings. The number of aromatic nitrogens is 4. The summed E-state index contributed by atoms with van der Waals surface area (Å²) >= 11 is 1.47. The van der Waals surface area contributed by atoms with Crippen LogP contribution in [0, 0.1) is 0 Å². The fraction of sp³-hybridized carbons (Fsp3) is 0.250. The van der Waals surface area contributed by atoms with Crippen molar-refractivity contribution in [2.24, 2.45) is 0 Å². The van der Waals surface area contributed by atoms with Crippen LogP contribution in [0.25, 0.3) is 4.96 Å². The summed E-state index contributed by atoms with van der Waals surface area (Å²) in [5.41, 5.74) is 1.12. The van der Waals surface area contributed by atoms with Crippen LogP contribution in [0.4, 0.5) is 0 Å². The van der Waals surface area contributed by atoms with Gasteiger partial charge in [0.25, 0.3) is 0 Å². The van der Waals surface area contributed by atoms with E-state index in [4.69, 9.17) is 14.2 Å². The van der Waals surface area contributed by atoms with Crippen molar-refractivity contribution in [3.8, 4) is 17.2 Å². The van der Waals surface area contributed by atoms with Gasteiger partial charge in [0.1, 0.15) is 12.4 Å². The van der Waals surface area contributed by atoms with E-state index >= 15 is 0 Å². The Labute approximate surface area is 166 Å². The minimum absolute atomic E-state index is 0.347. The van der Waals surface area contributed by atoms with Crippen LogP contribution in [0.1, 0.15) is 23.3 Å². The number of benzene rings is 2.